The van der Waals surface area contributed by atoms with E-state index >= 15 is 0 Å². The van der Waals surface area contributed by atoms with Crippen LogP contribution in [0.1, 0.15) is 33.4 Å². The monoisotopic (exact) mass is 715 g/mol. The molecule has 1 aliphatic heterocycles. The van der Waals surface area contributed by atoms with Gasteiger partial charge in [0.1, 0.15) is 11.5 Å². The van der Waals surface area contributed by atoms with Gasteiger partial charge in [-0.05, 0) is 90.5 Å². The van der Waals surface area contributed by atoms with Gasteiger partial charge in [-0.2, -0.15) is 10.5 Å². The van der Waals surface area contributed by atoms with Crippen LogP contribution in [0.4, 0.5) is 0 Å². The van der Waals surface area contributed by atoms with Gasteiger partial charge in [-0.25, -0.2) is 0 Å². The molecule has 56 heavy (non-hydrogen) atoms. The highest BCUT2D eigenvalue weighted by Crippen LogP contribution is 2.61. The molecule has 0 saturated carbocycles. The summed E-state index contributed by atoms with van der Waals surface area (Å²) in [7, 11) is 0. The van der Waals surface area contributed by atoms with Crippen LogP contribution in [0.2, 0.25) is 0 Å². The van der Waals surface area contributed by atoms with Crippen LogP contribution in [0.3, 0.4) is 0 Å². The van der Waals surface area contributed by atoms with Crippen LogP contribution in [0.15, 0.2) is 152 Å². The molecule has 8 heteroatoms. The van der Waals surface area contributed by atoms with E-state index in [0.29, 0.717) is 11.1 Å². The van der Waals surface area contributed by atoms with Crippen molar-refractivity contribution >= 4 is 43.6 Å². The molecule has 1 spiro atoms. The number of pyridine rings is 3. The third-order valence-corrected chi connectivity index (χ3v) is 11.6. The second-order valence-corrected chi connectivity index (χ2v) is 14.3. The van der Waals surface area contributed by atoms with E-state index in [0.717, 1.165) is 100 Å². The molecule has 0 radical (unpaired) electrons. The van der Waals surface area contributed by atoms with Gasteiger partial charge in [-0.3, -0.25) is 15.0 Å². The molecule has 2 aliphatic rings. The summed E-state index contributed by atoms with van der Waals surface area (Å²) in [5.41, 5.74) is 11.7. The Balaban J connectivity index is 1.19. The van der Waals surface area contributed by atoms with Crippen molar-refractivity contribution in [2.45, 2.75) is 5.41 Å². The van der Waals surface area contributed by atoms with Crippen LogP contribution >= 0.6 is 0 Å². The highest BCUT2D eigenvalue weighted by atomic mass is 16.5. The molecule has 0 saturated heterocycles. The van der Waals surface area contributed by atoms with Gasteiger partial charge in [-0.1, -0.05) is 42.5 Å². The molecule has 1 unspecified atom stereocenters. The Morgan fingerprint density at radius 2 is 1.14 bits per heavy atom. The van der Waals surface area contributed by atoms with E-state index in [9.17, 15) is 10.5 Å². The SMILES string of the molecule is N#Cc1ccc2c(c1)c1cc(C#N)ccc1n2-c1ccc2c(c1)C1(c3ccccc3O2)c2cccnc2-c2ncc(-n3c4ccccc4c4ccncc43)cc21. The number of rotatable bonds is 2. The standard InChI is InChI=1S/C48H25N7O/c49-24-28-11-14-41-34(20-28)35-21-29(25-50)12-15-42(35)54(41)30-13-16-45-38(22-30)48(36-7-2-4-10-44(36)56-45)37-8-5-18-52-46(37)47-39(48)23-31(26-53-47)55-40-9-3-1-6-32(40)33-17-19-51-27-43(33)55/h1-23,26-27H. The van der Waals surface area contributed by atoms with Crippen LogP contribution in [-0.2, 0) is 5.41 Å². The number of aromatic nitrogens is 5. The molecule has 1 aliphatic carbocycles. The second-order valence-electron chi connectivity index (χ2n) is 14.3. The van der Waals surface area contributed by atoms with Crippen molar-refractivity contribution in [3.8, 4) is 46.4 Å². The Labute approximate surface area is 319 Å². The number of ether oxygens (including phenoxy) is 1. The predicted octanol–water partition coefficient (Wildman–Crippen LogP) is 10.3. The van der Waals surface area contributed by atoms with Crippen LogP contribution < -0.4 is 4.74 Å². The molecule has 8 nitrogen and oxygen atoms in total. The van der Waals surface area contributed by atoms with E-state index in [1.807, 2.05) is 79.4 Å². The molecule has 10 aromatic rings. The minimum atomic E-state index is -0.847. The Hall–Kier alpha value is -8.07. The first kappa shape index (κ1) is 30.4. The van der Waals surface area contributed by atoms with Crippen LogP contribution in [0.5, 0.6) is 11.5 Å². The number of para-hydroxylation sites is 2. The fourth-order valence-corrected chi connectivity index (χ4v) is 9.38. The maximum Gasteiger partial charge on any atom is 0.132 e. The maximum atomic E-state index is 9.83. The summed E-state index contributed by atoms with van der Waals surface area (Å²) in [6.07, 6.45) is 7.54. The first-order chi connectivity index (χ1) is 27.7. The van der Waals surface area contributed by atoms with Crippen LogP contribution in [-0.4, -0.2) is 24.1 Å². The molecule has 12 rings (SSSR count). The number of nitrogens with zero attached hydrogens (tertiary/aromatic N) is 7. The zero-order chi connectivity index (χ0) is 37.1. The first-order valence-corrected chi connectivity index (χ1v) is 18.3. The topological polar surface area (TPSA) is 105 Å². The largest absolute Gasteiger partial charge is 0.457 e. The second kappa shape index (κ2) is 11.0. The zero-order valence-electron chi connectivity index (χ0n) is 29.5. The molecule has 5 aromatic carbocycles. The van der Waals surface area contributed by atoms with Crippen molar-refractivity contribution in [2.24, 2.45) is 0 Å². The number of benzene rings is 5. The Morgan fingerprint density at radius 1 is 0.482 bits per heavy atom. The Morgan fingerprint density at radius 3 is 1.96 bits per heavy atom. The number of hydrogen-bond donors (Lipinski definition) is 0. The van der Waals surface area contributed by atoms with Gasteiger partial charge in [0, 0.05) is 56.3 Å². The summed E-state index contributed by atoms with van der Waals surface area (Å²) < 4.78 is 11.2. The molecule has 0 amide bonds. The molecular formula is C48H25N7O. The third kappa shape index (κ3) is 3.81. The van der Waals surface area contributed by atoms with Gasteiger partial charge in [0.25, 0.3) is 0 Å². The molecule has 0 fully saturated rings. The van der Waals surface area contributed by atoms with E-state index in [-0.39, 0.29) is 0 Å². The lowest BCUT2D eigenvalue weighted by Gasteiger charge is -2.39. The van der Waals surface area contributed by atoms with Gasteiger partial charge in [0.05, 0.1) is 80.2 Å². The van der Waals surface area contributed by atoms with Gasteiger partial charge < -0.3 is 13.9 Å². The van der Waals surface area contributed by atoms with Crippen molar-refractivity contribution in [1.82, 2.24) is 24.1 Å². The first-order valence-electron chi connectivity index (χ1n) is 18.3. The van der Waals surface area contributed by atoms with Crippen LogP contribution in [0.25, 0.3) is 66.4 Å². The van der Waals surface area contributed by atoms with E-state index in [1.54, 1.807) is 0 Å². The maximum absolute atomic E-state index is 9.83. The average molecular weight is 716 g/mol. The van der Waals surface area contributed by atoms with Crippen molar-refractivity contribution in [3.05, 3.63) is 186 Å². The Kier molecular flexibility index (Phi) is 5.96. The average Bonchev–Trinajstić information content (AvgIpc) is 3.87. The highest BCUT2D eigenvalue weighted by molar-refractivity contribution is 6.11. The van der Waals surface area contributed by atoms with Gasteiger partial charge in [0.15, 0.2) is 0 Å². The summed E-state index contributed by atoms with van der Waals surface area (Å²) in [6.45, 7) is 0. The van der Waals surface area contributed by atoms with Gasteiger partial charge >= 0.3 is 0 Å². The number of hydrogen-bond acceptors (Lipinski definition) is 6. The number of fused-ring (bicyclic) bond motifs is 15. The van der Waals surface area contributed by atoms with Crippen molar-refractivity contribution in [2.75, 3.05) is 0 Å². The molecule has 6 heterocycles. The van der Waals surface area contributed by atoms with Crippen molar-refractivity contribution in [1.29, 1.82) is 10.5 Å². The summed E-state index contributed by atoms with van der Waals surface area (Å²) in [5, 5.41) is 23.7. The fourth-order valence-electron chi connectivity index (χ4n) is 9.38. The lowest BCUT2D eigenvalue weighted by atomic mass is 9.66. The van der Waals surface area contributed by atoms with E-state index in [4.69, 9.17) is 14.7 Å². The molecule has 0 bridgehead atoms. The predicted molar refractivity (Wildman–Crippen MR) is 215 cm³/mol. The zero-order valence-corrected chi connectivity index (χ0v) is 29.5. The molecule has 5 aromatic heterocycles. The van der Waals surface area contributed by atoms with E-state index in [1.165, 1.54) is 0 Å². The van der Waals surface area contributed by atoms with Crippen molar-refractivity contribution in [3.63, 3.8) is 0 Å². The molecule has 1 atom stereocenters. The summed E-state index contributed by atoms with van der Waals surface area (Å²) in [6, 6.07) is 47.6. The lowest BCUT2D eigenvalue weighted by molar-refractivity contribution is 0.436. The normalized spacial score (nSPS) is 15.0. The van der Waals surface area contributed by atoms with E-state index < -0.39 is 5.41 Å². The Bertz CT molecular complexity index is 3330. The summed E-state index contributed by atoms with van der Waals surface area (Å²) in [5.74, 6) is 1.51. The minimum Gasteiger partial charge on any atom is -0.457 e. The number of nitriles is 2. The van der Waals surface area contributed by atoms with Crippen LogP contribution in [0, 0.1) is 22.7 Å². The lowest BCUT2D eigenvalue weighted by Crippen LogP contribution is -2.32. The highest BCUT2D eigenvalue weighted by Gasteiger charge is 2.52. The minimum absolute atomic E-state index is 0.558. The summed E-state index contributed by atoms with van der Waals surface area (Å²) in [4.78, 5) is 14.8. The van der Waals surface area contributed by atoms with Gasteiger partial charge in [0.2, 0.25) is 0 Å². The van der Waals surface area contributed by atoms with Crippen molar-refractivity contribution < 1.29 is 4.74 Å². The summed E-state index contributed by atoms with van der Waals surface area (Å²) >= 11 is 0. The molecule has 0 N–H and O–H groups in total. The van der Waals surface area contributed by atoms with E-state index in [2.05, 4.69) is 99.1 Å². The quantitative estimate of drug-likeness (QED) is 0.176. The fraction of sp³-hybridized carbons (Fsp3) is 0.0208. The molecule has 258 valence electrons. The smallest absolute Gasteiger partial charge is 0.132 e. The molecular weight excluding hydrogens is 691 g/mol. The third-order valence-electron chi connectivity index (χ3n) is 11.6. The van der Waals surface area contributed by atoms with Gasteiger partial charge in [-0.15, -0.1) is 0 Å².